The Kier molecular flexibility index (Phi) is 7.11. The van der Waals surface area contributed by atoms with Gasteiger partial charge in [0.2, 0.25) is 0 Å². The molecular formula is C25H26N4O6. The number of aromatic nitrogens is 2. The summed E-state index contributed by atoms with van der Waals surface area (Å²) in [5, 5.41) is 15.8. The molecule has 2 aromatic carbocycles. The molecule has 182 valence electrons. The molecule has 0 saturated heterocycles. The van der Waals surface area contributed by atoms with Crippen LogP contribution < -0.4 is 5.32 Å². The molecule has 1 aliphatic rings. The lowest BCUT2D eigenvalue weighted by Gasteiger charge is -2.19. The number of rotatable bonds is 9. The second-order valence-electron chi connectivity index (χ2n) is 8.10. The molecule has 0 aliphatic heterocycles. The number of aryl methyl sites for hydroxylation is 1. The van der Waals surface area contributed by atoms with Gasteiger partial charge >= 0.3 is 12.1 Å². The van der Waals surface area contributed by atoms with E-state index >= 15 is 0 Å². The van der Waals surface area contributed by atoms with Crippen LogP contribution in [0.2, 0.25) is 0 Å². The van der Waals surface area contributed by atoms with Crippen LogP contribution in [0.1, 0.15) is 27.5 Å². The molecule has 10 nitrogen and oxygen atoms in total. The molecule has 0 fully saturated rings. The molecule has 0 radical (unpaired) electrons. The van der Waals surface area contributed by atoms with E-state index < -0.39 is 24.5 Å². The van der Waals surface area contributed by atoms with E-state index in [0.717, 1.165) is 27.2 Å². The first-order valence-corrected chi connectivity index (χ1v) is 11.0. The Morgan fingerprint density at radius 1 is 1.09 bits per heavy atom. The summed E-state index contributed by atoms with van der Waals surface area (Å²) in [6, 6.07) is 17.5. The monoisotopic (exact) mass is 478 g/mol. The molecule has 0 unspecified atom stereocenters. The van der Waals surface area contributed by atoms with Crippen molar-refractivity contribution in [3.63, 3.8) is 0 Å². The molecule has 35 heavy (non-hydrogen) atoms. The van der Waals surface area contributed by atoms with Crippen LogP contribution in [0.15, 0.2) is 54.6 Å². The average molecular weight is 479 g/mol. The van der Waals surface area contributed by atoms with E-state index in [1.54, 1.807) is 0 Å². The van der Waals surface area contributed by atoms with Gasteiger partial charge < -0.3 is 19.5 Å². The predicted octanol–water partition coefficient (Wildman–Crippen LogP) is 2.95. The van der Waals surface area contributed by atoms with Crippen molar-refractivity contribution < 1.29 is 29.0 Å². The molecule has 3 aromatic rings. The molecular weight excluding hydrogens is 452 g/mol. The van der Waals surface area contributed by atoms with Gasteiger partial charge in [0, 0.05) is 32.7 Å². The fraction of sp³-hybridized carbons (Fsp3) is 0.280. The van der Waals surface area contributed by atoms with Crippen LogP contribution in [0.3, 0.4) is 0 Å². The van der Waals surface area contributed by atoms with Crippen molar-refractivity contribution in [1.29, 1.82) is 0 Å². The fourth-order valence-electron chi connectivity index (χ4n) is 4.25. The van der Waals surface area contributed by atoms with Gasteiger partial charge in [-0.3, -0.25) is 19.6 Å². The zero-order chi connectivity index (χ0) is 24.9. The van der Waals surface area contributed by atoms with Crippen molar-refractivity contribution >= 4 is 23.8 Å². The molecule has 10 heteroatoms. The molecule has 0 saturated carbocycles. The van der Waals surface area contributed by atoms with Crippen molar-refractivity contribution in [3.05, 3.63) is 71.4 Å². The van der Waals surface area contributed by atoms with Gasteiger partial charge in [-0.2, -0.15) is 5.10 Å². The molecule has 2 N–H and O–H groups in total. The number of hydrogen-bond donors (Lipinski definition) is 2. The zero-order valence-corrected chi connectivity index (χ0v) is 19.4. The first-order chi connectivity index (χ1) is 16.9. The lowest BCUT2D eigenvalue weighted by Crippen LogP contribution is -2.38. The van der Waals surface area contributed by atoms with Gasteiger partial charge in [0.1, 0.15) is 18.8 Å². The lowest BCUT2D eigenvalue weighted by molar-refractivity contribution is -0.137. The van der Waals surface area contributed by atoms with E-state index in [0.29, 0.717) is 0 Å². The average Bonchev–Trinajstić information content (AvgIpc) is 3.37. The van der Waals surface area contributed by atoms with E-state index in [1.165, 1.54) is 24.9 Å². The third-order valence-electron chi connectivity index (χ3n) is 5.85. The molecule has 4 rings (SSSR count). The molecule has 0 bridgehead atoms. The largest absolute Gasteiger partial charge is 0.480 e. The van der Waals surface area contributed by atoms with E-state index in [9.17, 15) is 14.4 Å². The number of nitrogens with one attached hydrogen (secondary N) is 1. The molecule has 1 heterocycles. The number of ether oxygens (including phenoxy) is 2. The van der Waals surface area contributed by atoms with Crippen LogP contribution in [-0.2, 0) is 21.3 Å². The standard InChI is InChI=1S/C25H26N4O6/c1-28-21(24(32)29(11-12-34-2)14-23(30)31)13-22(27-28)26-25(33)35-15-20-18-9-5-3-7-16(18)17-8-4-6-10-19(17)20/h3-10,13,20H,11-12,14-15H2,1-2H3,(H,30,31)(H,26,27,33). The summed E-state index contributed by atoms with van der Waals surface area (Å²) >= 11 is 0. The van der Waals surface area contributed by atoms with Crippen molar-refractivity contribution in [2.24, 2.45) is 7.05 Å². The van der Waals surface area contributed by atoms with Gasteiger partial charge in [0.25, 0.3) is 5.91 Å². The number of carbonyl (C=O) groups excluding carboxylic acids is 2. The van der Waals surface area contributed by atoms with Crippen molar-refractivity contribution in [1.82, 2.24) is 14.7 Å². The minimum atomic E-state index is -1.14. The highest BCUT2D eigenvalue weighted by Crippen LogP contribution is 2.44. The van der Waals surface area contributed by atoms with Gasteiger partial charge in [-0.15, -0.1) is 0 Å². The number of aliphatic carboxylic acids is 1. The van der Waals surface area contributed by atoms with Crippen LogP contribution in [-0.4, -0.2) is 71.2 Å². The van der Waals surface area contributed by atoms with E-state index in [-0.39, 0.29) is 37.2 Å². The first-order valence-electron chi connectivity index (χ1n) is 11.0. The summed E-state index contributed by atoms with van der Waals surface area (Å²) in [5.41, 5.74) is 4.58. The number of carboxylic acids is 1. The van der Waals surface area contributed by atoms with Crippen LogP contribution in [0.4, 0.5) is 10.6 Å². The van der Waals surface area contributed by atoms with Gasteiger partial charge in [-0.1, -0.05) is 48.5 Å². The van der Waals surface area contributed by atoms with E-state index in [2.05, 4.69) is 22.5 Å². The highest BCUT2D eigenvalue weighted by Gasteiger charge is 2.29. The molecule has 0 spiro atoms. The Balaban J connectivity index is 1.42. The van der Waals surface area contributed by atoms with Crippen LogP contribution in [0.5, 0.6) is 0 Å². The number of amides is 2. The molecule has 1 aliphatic carbocycles. The molecule has 1 aromatic heterocycles. The van der Waals surface area contributed by atoms with E-state index in [1.807, 2.05) is 36.4 Å². The van der Waals surface area contributed by atoms with Gasteiger partial charge in [-0.05, 0) is 22.3 Å². The second kappa shape index (κ2) is 10.4. The number of fused-ring (bicyclic) bond motifs is 3. The predicted molar refractivity (Wildman–Crippen MR) is 127 cm³/mol. The molecule has 0 atom stereocenters. The fourth-order valence-corrected chi connectivity index (χ4v) is 4.25. The van der Waals surface area contributed by atoms with Gasteiger partial charge in [-0.25, -0.2) is 4.79 Å². The number of benzene rings is 2. The highest BCUT2D eigenvalue weighted by atomic mass is 16.5. The maximum absolute atomic E-state index is 12.8. The topological polar surface area (TPSA) is 123 Å². The molecule has 2 amide bonds. The number of carboxylic acid groups (broad SMARTS) is 1. The summed E-state index contributed by atoms with van der Waals surface area (Å²) in [6.07, 6.45) is -0.703. The Morgan fingerprint density at radius 2 is 1.71 bits per heavy atom. The lowest BCUT2D eigenvalue weighted by atomic mass is 9.98. The van der Waals surface area contributed by atoms with Crippen molar-refractivity contribution in [3.8, 4) is 11.1 Å². The Bertz CT molecular complexity index is 1210. The second-order valence-corrected chi connectivity index (χ2v) is 8.10. The third-order valence-corrected chi connectivity index (χ3v) is 5.85. The number of carbonyl (C=O) groups is 3. The zero-order valence-electron chi connectivity index (χ0n) is 19.4. The van der Waals surface area contributed by atoms with Crippen LogP contribution in [0, 0.1) is 0 Å². The number of hydrogen-bond acceptors (Lipinski definition) is 6. The number of anilines is 1. The minimum Gasteiger partial charge on any atom is -0.480 e. The maximum Gasteiger partial charge on any atom is 0.412 e. The summed E-state index contributed by atoms with van der Waals surface area (Å²) in [6.45, 7) is -0.0614. The smallest absolute Gasteiger partial charge is 0.412 e. The summed E-state index contributed by atoms with van der Waals surface area (Å²) in [7, 11) is 3.00. The maximum atomic E-state index is 12.8. The Labute approximate surface area is 202 Å². The SMILES string of the molecule is COCCN(CC(=O)O)C(=O)c1cc(NC(=O)OCC2c3ccccc3-c3ccccc32)nn1C. The first kappa shape index (κ1) is 24.0. The third kappa shape index (κ3) is 5.17. The van der Waals surface area contributed by atoms with Gasteiger partial charge in [0.15, 0.2) is 5.82 Å². The van der Waals surface area contributed by atoms with Gasteiger partial charge in [0.05, 0.1) is 6.61 Å². The van der Waals surface area contributed by atoms with E-state index in [4.69, 9.17) is 14.6 Å². The Morgan fingerprint density at radius 3 is 2.31 bits per heavy atom. The van der Waals surface area contributed by atoms with Crippen molar-refractivity contribution in [2.45, 2.75) is 5.92 Å². The summed E-state index contributed by atoms with van der Waals surface area (Å²) in [4.78, 5) is 37.7. The Hall–Kier alpha value is -4.18. The summed E-state index contributed by atoms with van der Waals surface area (Å²) < 4.78 is 11.8. The van der Waals surface area contributed by atoms with Crippen LogP contribution in [0.25, 0.3) is 11.1 Å². The normalized spacial score (nSPS) is 12.1. The van der Waals surface area contributed by atoms with Crippen LogP contribution >= 0.6 is 0 Å². The van der Waals surface area contributed by atoms with Crippen molar-refractivity contribution in [2.75, 3.05) is 38.7 Å². The summed E-state index contributed by atoms with van der Waals surface area (Å²) in [5.74, 6) is -1.65. The number of methoxy groups -OCH3 is 1. The number of nitrogens with zero attached hydrogens (tertiary/aromatic N) is 3. The quantitative estimate of drug-likeness (QED) is 0.485. The highest BCUT2D eigenvalue weighted by molar-refractivity contribution is 5.96. The minimum absolute atomic E-state index is 0.0839.